The van der Waals surface area contributed by atoms with E-state index in [9.17, 15) is 13.2 Å². The van der Waals surface area contributed by atoms with Crippen molar-refractivity contribution in [2.24, 2.45) is 5.14 Å². The number of nitrogen functional groups attached to an aromatic ring is 1. The van der Waals surface area contributed by atoms with Gasteiger partial charge < -0.3 is 11.1 Å². The third kappa shape index (κ3) is 9.45. The molecular formula is C25H33N3O3S2. The molecule has 5 N–H and O–H groups in total. The van der Waals surface area contributed by atoms with Crippen molar-refractivity contribution in [3.63, 3.8) is 0 Å². The highest BCUT2D eigenvalue weighted by atomic mass is 32.2. The highest BCUT2D eigenvalue weighted by Gasteiger charge is 2.24. The topological polar surface area (TPSA) is 115 Å². The number of rotatable bonds is 8. The molecule has 1 aliphatic rings. The maximum absolute atomic E-state index is 11.7. The molecule has 0 radical (unpaired) electrons. The van der Waals surface area contributed by atoms with Gasteiger partial charge in [-0.1, -0.05) is 67.9 Å². The zero-order valence-electron chi connectivity index (χ0n) is 19.2. The number of allylic oxidation sites excluding steroid dienone is 3. The largest absolute Gasteiger partial charge is 0.399 e. The zero-order chi connectivity index (χ0) is 24.3. The number of amides is 1. The predicted molar refractivity (Wildman–Crippen MR) is 138 cm³/mol. The average Bonchev–Trinajstić information content (AvgIpc) is 2.78. The first-order chi connectivity index (χ1) is 15.7. The van der Waals surface area contributed by atoms with Gasteiger partial charge >= 0.3 is 0 Å². The van der Waals surface area contributed by atoms with E-state index in [1.165, 1.54) is 12.8 Å². The molecule has 3 rings (SSSR count). The van der Waals surface area contributed by atoms with Crippen LogP contribution in [-0.2, 0) is 14.8 Å². The number of benzene rings is 2. The van der Waals surface area contributed by atoms with Crippen LogP contribution >= 0.6 is 11.8 Å². The van der Waals surface area contributed by atoms with Gasteiger partial charge in [0.1, 0.15) is 0 Å². The summed E-state index contributed by atoms with van der Waals surface area (Å²) in [4.78, 5) is 12.4. The second-order valence-electron chi connectivity index (χ2n) is 7.76. The number of hydrogen-bond acceptors (Lipinski definition) is 5. The minimum atomic E-state index is -3.71. The SMILES string of the molecule is CCCCCNC(C)=O.Nc1ccc(SC2=CC(S(N)(=O)=O)=CCC2c2ccccc2)cc1. The Morgan fingerprint density at radius 2 is 1.76 bits per heavy atom. The van der Waals surface area contributed by atoms with Gasteiger partial charge in [0, 0.05) is 30.0 Å². The Bertz CT molecular complexity index is 1060. The van der Waals surface area contributed by atoms with Crippen LogP contribution in [0.3, 0.4) is 0 Å². The molecule has 0 aromatic heterocycles. The fourth-order valence-corrected chi connectivity index (χ4v) is 5.04. The Labute approximate surface area is 201 Å². The van der Waals surface area contributed by atoms with Crippen LogP contribution in [0.5, 0.6) is 0 Å². The van der Waals surface area contributed by atoms with Gasteiger partial charge in [-0.05, 0) is 53.7 Å². The molecule has 0 fully saturated rings. The van der Waals surface area contributed by atoms with E-state index in [1.807, 2.05) is 42.5 Å². The Morgan fingerprint density at radius 1 is 1.09 bits per heavy atom. The molecule has 0 heterocycles. The number of hydrogen-bond donors (Lipinski definition) is 3. The molecule has 1 aliphatic carbocycles. The third-order valence-electron chi connectivity index (χ3n) is 4.98. The number of anilines is 1. The normalized spacial score (nSPS) is 15.5. The van der Waals surface area contributed by atoms with Crippen molar-refractivity contribution in [1.82, 2.24) is 5.32 Å². The first kappa shape index (κ1) is 26.7. The minimum absolute atomic E-state index is 0.0751. The van der Waals surface area contributed by atoms with Crippen LogP contribution in [0.1, 0.15) is 51.0 Å². The Hall–Kier alpha value is -2.55. The molecule has 0 saturated heterocycles. The zero-order valence-corrected chi connectivity index (χ0v) is 20.8. The van der Waals surface area contributed by atoms with Crippen molar-refractivity contribution in [3.8, 4) is 0 Å². The number of nitrogens with one attached hydrogen (secondary N) is 1. The number of unbranched alkanes of at least 4 members (excludes halogenated alkanes) is 2. The van der Waals surface area contributed by atoms with Gasteiger partial charge in [0.25, 0.3) is 0 Å². The number of primary sulfonamides is 1. The molecule has 1 amide bonds. The number of nitrogens with two attached hydrogens (primary N) is 2. The van der Waals surface area contributed by atoms with Gasteiger partial charge in [-0.25, -0.2) is 13.6 Å². The summed E-state index contributed by atoms with van der Waals surface area (Å²) >= 11 is 1.54. The van der Waals surface area contributed by atoms with Crippen LogP contribution in [0.2, 0.25) is 0 Å². The van der Waals surface area contributed by atoms with Crippen molar-refractivity contribution in [2.75, 3.05) is 12.3 Å². The van der Waals surface area contributed by atoms with Crippen LogP contribution in [-0.4, -0.2) is 20.9 Å². The summed E-state index contributed by atoms with van der Waals surface area (Å²) < 4.78 is 23.4. The minimum Gasteiger partial charge on any atom is -0.399 e. The summed E-state index contributed by atoms with van der Waals surface area (Å²) in [5.74, 6) is 0.186. The van der Waals surface area contributed by atoms with E-state index in [-0.39, 0.29) is 16.7 Å². The second-order valence-corrected chi connectivity index (χ2v) is 10.5. The molecule has 0 spiro atoms. The predicted octanol–water partition coefficient (Wildman–Crippen LogP) is 4.92. The monoisotopic (exact) mass is 487 g/mol. The van der Waals surface area contributed by atoms with Crippen molar-refractivity contribution >= 4 is 33.4 Å². The summed E-state index contributed by atoms with van der Waals surface area (Å²) in [6.07, 6.45) is 7.50. The van der Waals surface area contributed by atoms with E-state index in [0.717, 1.165) is 28.3 Å². The molecule has 0 bridgehead atoms. The van der Waals surface area contributed by atoms with Gasteiger partial charge in [0.2, 0.25) is 15.9 Å². The maximum atomic E-state index is 11.7. The molecule has 33 heavy (non-hydrogen) atoms. The van der Waals surface area contributed by atoms with Crippen LogP contribution in [0, 0.1) is 0 Å². The molecule has 1 atom stereocenters. The van der Waals surface area contributed by atoms with E-state index in [1.54, 1.807) is 30.8 Å². The third-order valence-corrected chi connectivity index (χ3v) is 7.07. The highest BCUT2D eigenvalue weighted by Crippen LogP contribution is 2.43. The molecule has 2 aromatic carbocycles. The Balaban J connectivity index is 0.000000365. The lowest BCUT2D eigenvalue weighted by molar-refractivity contribution is -0.118. The molecular weight excluding hydrogens is 454 g/mol. The Morgan fingerprint density at radius 3 is 2.33 bits per heavy atom. The van der Waals surface area contributed by atoms with Crippen molar-refractivity contribution < 1.29 is 13.2 Å². The lowest BCUT2D eigenvalue weighted by atomic mass is 9.92. The van der Waals surface area contributed by atoms with Crippen LogP contribution < -0.4 is 16.2 Å². The number of sulfonamides is 1. The summed E-state index contributed by atoms with van der Waals surface area (Å²) in [5.41, 5.74) is 7.57. The van der Waals surface area contributed by atoms with Crippen molar-refractivity contribution in [2.45, 2.75) is 50.3 Å². The van der Waals surface area contributed by atoms with Gasteiger partial charge in [-0.15, -0.1) is 0 Å². The van der Waals surface area contributed by atoms with Crippen LogP contribution in [0.25, 0.3) is 0 Å². The lowest BCUT2D eigenvalue weighted by Crippen LogP contribution is -2.20. The van der Waals surface area contributed by atoms with Crippen LogP contribution in [0.15, 0.2) is 81.5 Å². The summed E-state index contributed by atoms with van der Waals surface area (Å²) in [5, 5.41) is 8.04. The van der Waals surface area contributed by atoms with Gasteiger partial charge in [-0.3, -0.25) is 4.79 Å². The Kier molecular flexibility index (Phi) is 10.7. The van der Waals surface area contributed by atoms with Crippen molar-refractivity contribution in [1.29, 1.82) is 0 Å². The number of carbonyl (C=O) groups excluding carboxylic acids is 1. The smallest absolute Gasteiger partial charge is 0.237 e. The standard InChI is InChI=1S/C18H18N2O2S2.C7H15NO/c19-14-6-8-15(9-7-14)23-18-12-16(24(20,21)22)10-11-17(18)13-4-2-1-3-5-13;1-3-4-5-6-8-7(2)9/h1-10,12,17H,11,19H2,(H2,20,21,22);3-6H2,1-2H3,(H,8,9). The van der Waals surface area contributed by atoms with Crippen LogP contribution in [0.4, 0.5) is 5.69 Å². The van der Waals surface area contributed by atoms with E-state index in [4.69, 9.17) is 10.9 Å². The lowest BCUT2D eigenvalue weighted by Gasteiger charge is -2.23. The molecule has 6 nitrogen and oxygen atoms in total. The van der Waals surface area contributed by atoms with E-state index in [2.05, 4.69) is 24.4 Å². The molecule has 8 heteroatoms. The quantitative estimate of drug-likeness (QED) is 0.361. The molecule has 1 unspecified atom stereocenters. The number of thioether (sulfide) groups is 1. The van der Waals surface area contributed by atoms with E-state index >= 15 is 0 Å². The summed E-state index contributed by atoms with van der Waals surface area (Å²) in [6.45, 7) is 4.53. The van der Waals surface area contributed by atoms with E-state index in [0.29, 0.717) is 12.1 Å². The first-order valence-corrected chi connectivity index (χ1v) is 13.3. The molecule has 0 aliphatic heterocycles. The molecule has 0 saturated carbocycles. The number of carbonyl (C=O) groups is 1. The second kappa shape index (κ2) is 13.2. The van der Waals surface area contributed by atoms with Crippen molar-refractivity contribution in [3.05, 3.63) is 82.1 Å². The maximum Gasteiger partial charge on any atom is 0.237 e. The highest BCUT2D eigenvalue weighted by molar-refractivity contribution is 8.03. The summed E-state index contributed by atoms with van der Waals surface area (Å²) in [7, 11) is -3.71. The first-order valence-electron chi connectivity index (χ1n) is 11.0. The molecule has 178 valence electrons. The van der Waals surface area contributed by atoms with Gasteiger partial charge in [0.05, 0.1) is 4.91 Å². The summed E-state index contributed by atoms with van der Waals surface area (Å²) in [6, 6.07) is 17.6. The molecule has 2 aromatic rings. The van der Waals surface area contributed by atoms with Gasteiger partial charge in [0.15, 0.2) is 0 Å². The fourth-order valence-electron chi connectivity index (χ4n) is 3.25. The fraction of sp³-hybridized carbons (Fsp3) is 0.320. The average molecular weight is 488 g/mol. The van der Waals surface area contributed by atoms with E-state index < -0.39 is 10.0 Å². The van der Waals surface area contributed by atoms with Gasteiger partial charge in [-0.2, -0.15) is 0 Å².